The third kappa shape index (κ3) is 3.50. The molecule has 1 N–H and O–H groups in total. The lowest BCUT2D eigenvalue weighted by Gasteiger charge is -2.23. The van der Waals surface area contributed by atoms with Crippen LogP contribution in [0.4, 0.5) is 23.2 Å². The molecule has 20 heavy (non-hydrogen) atoms. The Hall–Kier alpha value is -1.56. The highest BCUT2D eigenvalue weighted by Crippen LogP contribution is 2.37. The molecule has 0 saturated heterocycles. The van der Waals surface area contributed by atoms with Crippen molar-refractivity contribution < 1.29 is 17.6 Å². The van der Waals surface area contributed by atoms with Gasteiger partial charge in [-0.05, 0) is 39.7 Å². The zero-order valence-electron chi connectivity index (χ0n) is 10.1. The molecular weight excluding hydrogens is 338 g/mol. The van der Waals surface area contributed by atoms with Crippen LogP contribution in [0, 0.1) is 5.82 Å². The lowest BCUT2D eigenvalue weighted by Crippen LogP contribution is -2.28. The second kappa shape index (κ2) is 5.83. The normalized spacial score (nSPS) is 13.1. The molecule has 1 unspecified atom stereocenters. The van der Waals surface area contributed by atoms with Crippen molar-refractivity contribution >= 4 is 21.6 Å². The van der Waals surface area contributed by atoms with E-state index in [9.17, 15) is 17.6 Å². The van der Waals surface area contributed by atoms with Crippen molar-refractivity contribution in [3.63, 3.8) is 0 Å². The fourth-order valence-corrected chi connectivity index (χ4v) is 2.12. The van der Waals surface area contributed by atoms with Gasteiger partial charge in [-0.3, -0.25) is 0 Å². The first-order valence-corrected chi connectivity index (χ1v) is 6.50. The molecule has 6 heteroatoms. The lowest BCUT2D eigenvalue weighted by atomic mass is 10.1. The summed E-state index contributed by atoms with van der Waals surface area (Å²) in [5.41, 5.74) is 0.118. The van der Waals surface area contributed by atoms with Crippen LogP contribution in [0.3, 0.4) is 0 Å². The number of rotatable bonds is 3. The van der Waals surface area contributed by atoms with Gasteiger partial charge in [0.1, 0.15) is 11.9 Å². The maximum atomic E-state index is 13.2. The molecule has 0 aliphatic rings. The minimum absolute atomic E-state index is 0.0520. The summed E-state index contributed by atoms with van der Waals surface area (Å²) in [5, 5.41) is 2.33. The van der Waals surface area contributed by atoms with Crippen molar-refractivity contribution in [1.29, 1.82) is 0 Å². The van der Waals surface area contributed by atoms with Crippen molar-refractivity contribution in [2.75, 3.05) is 5.32 Å². The van der Waals surface area contributed by atoms with Crippen LogP contribution >= 0.6 is 15.9 Å². The Balaban J connectivity index is 2.37. The second-order valence-corrected chi connectivity index (χ2v) is 5.01. The average Bonchev–Trinajstić information content (AvgIpc) is 2.39. The summed E-state index contributed by atoms with van der Waals surface area (Å²) in [4.78, 5) is 0. The minimum atomic E-state index is -4.49. The molecule has 0 spiro atoms. The van der Waals surface area contributed by atoms with Crippen LogP contribution in [0.2, 0.25) is 0 Å². The predicted octanol–water partition coefficient (Wildman–Crippen LogP) is 5.30. The molecule has 2 aromatic carbocycles. The molecule has 0 aliphatic carbocycles. The van der Waals surface area contributed by atoms with Gasteiger partial charge in [0.2, 0.25) is 0 Å². The maximum absolute atomic E-state index is 13.2. The molecule has 0 saturated carbocycles. The summed E-state index contributed by atoms with van der Waals surface area (Å²) in [6, 6.07) is 9.07. The Morgan fingerprint density at radius 3 is 2.25 bits per heavy atom. The molecule has 2 rings (SSSR count). The monoisotopic (exact) mass is 347 g/mol. The van der Waals surface area contributed by atoms with Crippen LogP contribution in [0.5, 0.6) is 0 Å². The molecular formula is C14H10BrF4N. The zero-order valence-corrected chi connectivity index (χ0v) is 11.7. The van der Waals surface area contributed by atoms with E-state index in [1.54, 1.807) is 6.07 Å². The highest BCUT2D eigenvalue weighted by atomic mass is 79.9. The Kier molecular flexibility index (Phi) is 4.32. The Bertz CT molecular complexity index is 583. The number of nitrogens with one attached hydrogen (secondary N) is 1. The van der Waals surface area contributed by atoms with Gasteiger partial charge >= 0.3 is 6.18 Å². The molecule has 1 atom stereocenters. The standard InChI is InChI=1S/C14H10BrF4N/c15-11-7-6-10(16)8-12(11)20-13(14(17,18)19)9-4-2-1-3-5-9/h1-8,13,20H. The van der Waals surface area contributed by atoms with E-state index in [-0.39, 0.29) is 11.3 Å². The van der Waals surface area contributed by atoms with Gasteiger partial charge < -0.3 is 5.32 Å². The van der Waals surface area contributed by atoms with E-state index in [4.69, 9.17) is 0 Å². The molecule has 0 amide bonds. The summed E-state index contributed by atoms with van der Waals surface area (Å²) < 4.78 is 53.0. The van der Waals surface area contributed by atoms with Gasteiger partial charge in [0.25, 0.3) is 0 Å². The van der Waals surface area contributed by atoms with Crippen LogP contribution in [0.25, 0.3) is 0 Å². The maximum Gasteiger partial charge on any atom is 0.412 e. The molecule has 0 heterocycles. The van der Waals surface area contributed by atoms with Gasteiger partial charge in [0, 0.05) is 4.47 Å². The van der Waals surface area contributed by atoms with E-state index in [0.717, 1.165) is 6.07 Å². The van der Waals surface area contributed by atoms with Gasteiger partial charge in [0.15, 0.2) is 0 Å². The fraction of sp³-hybridized carbons (Fsp3) is 0.143. The van der Waals surface area contributed by atoms with Crippen molar-refractivity contribution in [1.82, 2.24) is 0 Å². The first-order valence-electron chi connectivity index (χ1n) is 5.71. The van der Waals surface area contributed by atoms with E-state index < -0.39 is 18.0 Å². The molecule has 106 valence electrons. The number of benzene rings is 2. The second-order valence-electron chi connectivity index (χ2n) is 4.15. The zero-order chi connectivity index (χ0) is 14.8. The van der Waals surface area contributed by atoms with Gasteiger partial charge in [-0.25, -0.2) is 4.39 Å². The topological polar surface area (TPSA) is 12.0 Å². The molecule has 0 bridgehead atoms. The lowest BCUT2D eigenvalue weighted by molar-refractivity contribution is -0.144. The molecule has 0 radical (unpaired) electrons. The smallest absolute Gasteiger partial charge is 0.369 e. The Morgan fingerprint density at radius 1 is 1.00 bits per heavy atom. The number of anilines is 1. The van der Waals surface area contributed by atoms with Crippen molar-refractivity contribution in [3.8, 4) is 0 Å². The van der Waals surface area contributed by atoms with Crippen LogP contribution < -0.4 is 5.32 Å². The van der Waals surface area contributed by atoms with E-state index in [1.807, 2.05) is 0 Å². The summed E-state index contributed by atoms with van der Waals surface area (Å²) in [5.74, 6) is -0.607. The van der Waals surface area contributed by atoms with Crippen LogP contribution in [0.15, 0.2) is 53.0 Å². The molecule has 0 aliphatic heterocycles. The van der Waals surface area contributed by atoms with Gasteiger partial charge in [-0.15, -0.1) is 0 Å². The average molecular weight is 348 g/mol. The third-order valence-corrected chi connectivity index (χ3v) is 3.38. The summed E-state index contributed by atoms with van der Waals surface area (Å²) >= 11 is 3.10. The number of hydrogen-bond donors (Lipinski definition) is 1. The molecule has 1 nitrogen and oxygen atoms in total. The Labute approximate surface area is 121 Å². The van der Waals surface area contributed by atoms with Gasteiger partial charge in [-0.2, -0.15) is 13.2 Å². The highest BCUT2D eigenvalue weighted by molar-refractivity contribution is 9.10. The van der Waals surface area contributed by atoms with Crippen LogP contribution in [-0.2, 0) is 0 Å². The quantitative estimate of drug-likeness (QED) is 0.742. The largest absolute Gasteiger partial charge is 0.412 e. The van der Waals surface area contributed by atoms with E-state index in [1.165, 1.54) is 36.4 Å². The van der Waals surface area contributed by atoms with E-state index in [2.05, 4.69) is 21.2 Å². The SMILES string of the molecule is Fc1ccc(Br)c(NC(c2ccccc2)C(F)(F)F)c1. The fourth-order valence-electron chi connectivity index (χ4n) is 1.76. The van der Waals surface area contributed by atoms with Crippen LogP contribution in [0.1, 0.15) is 11.6 Å². The van der Waals surface area contributed by atoms with Gasteiger partial charge in [-0.1, -0.05) is 30.3 Å². The predicted molar refractivity (Wildman–Crippen MR) is 73.0 cm³/mol. The van der Waals surface area contributed by atoms with E-state index >= 15 is 0 Å². The molecule has 0 aromatic heterocycles. The van der Waals surface area contributed by atoms with Crippen molar-refractivity contribution in [3.05, 3.63) is 64.4 Å². The minimum Gasteiger partial charge on any atom is -0.369 e. The van der Waals surface area contributed by atoms with Crippen molar-refractivity contribution in [2.45, 2.75) is 12.2 Å². The molecule has 0 fully saturated rings. The summed E-state index contributed by atoms with van der Waals surface area (Å²) in [7, 11) is 0. The van der Waals surface area contributed by atoms with E-state index in [0.29, 0.717) is 4.47 Å². The number of halogens is 5. The first kappa shape index (κ1) is 14.8. The van der Waals surface area contributed by atoms with Crippen molar-refractivity contribution in [2.24, 2.45) is 0 Å². The number of alkyl halides is 3. The number of hydrogen-bond acceptors (Lipinski definition) is 1. The summed E-state index contributed by atoms with van der Waals surface area (Å²) in [6.07, 6.45) is -4.49. The van der Waals surface area contributed by atoms with Crippen LogP contribution in [-0.4, -0.2) is 6.18 Å². The molecule has 2 aromatic rings. The third-order valence-electron chi connectivity index (χ3n) is 2.69. The summed E-state index contributed by atoms with van der Waals surface area (Å²) in [6.45, 7) is 0. The first-order chi connectivity index (χ1) is 9.38. The highest BCUT2D eigenvalue weighted by Gasteiger charge is 2.41. The Morgan fingerprint density at radius 2 is 1.65 bits per heavy atom. The van der Waals surface area contributed by atoms with Gasteiger partial charge in [0.05, 0.1) is 5.69 Å².